The number of halogens is 1. The van der Waals surface area contributed by atoms with Crippen LogP contribution in [0.3, 0.4) is 0 Å². The van der Waals surface area contributed by atoms with Crippen molar-refractivity contribution in [3.8, 4) is 5.75 Å². The van der Waals surface area contributed by atoms with Gasteiger partial charge in [0.15, 0.2) is 0 Å². The van der Waals surface area contributed by atoms with Crippen LogP contribution in [0.4, 0.5) is 0 Å². The molecule has 0 saturated carbocycles. The van der Waals surface area contributed by atoms with Gasteiger partial charge in [0.2, 0.25) is 0 Å². The van der Waals surface area contributed by atoms with Crippen molar-refractivity contribution >= 4 is 15.9 Å². The summed E-state index contributed by atoms with van der Waals surface area (Å²) in [7, 11) is 0. The molecule has 1 fully saturated rings. The van der Waals surface area contributed by atoms with Crippen LogP contribution in [-0.2, 0) is 6.42 Å². The summed E-state index contributed by atoms with van der Waals surface area (Å²) in [4.78, 5) is 2.43. The van der Waals surface area contributed by atoms with E-state index in [1.54, 1.807) is 6.07 Å². The molecule has 0 spiro atoms. The van der Waals surface area contributed by atoms with E-state index < -0.39 is 0 Å². The van der Waals surface area contributed by atoms with Gasteiger partial charge in [-0.05, 0) is 18.6 Å². The van der Waals surface area contributed by atoms with Crippen LogP contribution in [0.1, 0.15) is 5.56 Å². The summed E-state index contributed by atoms with van der Waals surface area (Å²) >= 11 is 3.48. The van der Waals surface area contributed by atoms with E-state index in [1.165, 1.54) is 0 Å². The first-order valence-electron chi connectivity index (χ1n) is 5.67. The lowest BCUT2D eigenvalue weighted by Gasteiger charge is -2.27. The number of benzene rings is 1. The van der Waals surface area contributed by atoms with Crippen molar-refractivity contribution in [3.63, 3.8) is 0 Å². The Balaban J connectivity index is 1.93. The van der Waals surface area contributed by atoms with Crippen molar-refractivity contribution in [1.82, 2.24) is 10.2 Å². The van der Waals surface area contributed by atoms with Crippen LogP contribution in [0.15, 0.2) is 22.7 Å². The van der Waals surface area contributed by atoms with E-state index in [2.05, 4.69) is 26.1 Å². The van der Waals surface area contributed by atoms with E-state index in [9.17, 15) is 5.11 Å². The summed E-state index contributed by atoms with van der Waals surface area (Å²) in [6.45, 7) is 5.36. The van der Waals surface area contributed by atoms with Gasteiger partial charge < -0.3 is 15.3 Å². The van der Waals surface area contributed by atoms with Gasteiger partial charge in [0.05, 0.1) is 0 Å². The fraction of sp³-hybridized carbons (Fsp3) is 0.500. The molecule has 0 aliphatic carbocycles. The zero-order valence-electron chi connectivity index (χ0n) is 9.25. The Morgan fingerprint density at radius 3 is 2.75 bits per heavy atom. The van der Waals surface area contributed by atoms with Crippen molar-refractivity contribution in [2.24, 2.45) is 0 Å². The van der Waals surface area contributed by atoms with Gasteiger partial charge in [-0.2, -0.15) is 0 Å². The molecule has 1 aromatic carbocycles. The summed E-state index contributed by atoms with van der Waals surface area (Å²) in [5, 5.41) is 13.1. The van der Waals surface area contributed by atoms with Crippen LogP contribution in [0.2, 0.25) is 0 Å². The fourth-order valence-corrected chi connectivity index (χ4v) is 2.55. The van der Waals surface area contributed by atoms with Gasteiger partial charge >= 0.3 is 0 Å². The molecule has 2 rings (SSSR count). The molecular formula is C12H17BrN2O. The molecule has 1 aliphatic rings. The summed E-state index contributed by atoms with van der Waals surface area (Å²) in [5.74, 6) is 0.393. The van der Waals surface area contributed by atoms with Crippen molar-refractivity contribution in [2.45, 2.75) is 6.42 Å². The maximum atomic E-state index is 9.76. The molecule has 0 radical (unpaired) electrons. The van der Waals surface area contributed by atoms with Crippen molar-refractivity contribution in [2.75, 3.05) is 32.7 Å². The van der Waals surface area contributed by atoms with Gasteiger partial charge in [0.1, 0.15) is 5.75 Å². The first-order chi connectivity index (χ1) is 7.77. The quantitative estimate of drug-likeness (QED) is 0.885. The third-order valence-electron chi connectivity index (χ3n) is 2.98. The number of nitrogens with one attached hydrogen (secondary N) is 1. The molecule has 2 N–H and O–H groups in total. The van der Waals surface area contributed by atoms with Crippen LogP contribution in [0, 0.1) is 0 Å². The second-order valence-corrected chi connectivity index (χ2v) is 4.93. The molecule has 4 heteroatoms. The maximum absolute atomic E-state index is 9.76. The summed E-state index contributed by atoms with van der Waals surface area (Å²) in [5.41, 5.74) is 1.01. The van der Waals surface area contributed by atoms with Crippen LogP contribution in [-0.4, -0.2) is 42.7 Å². The number of piperazine rings is 1. The Morgan fingerprint density at radius 1 is 1.31 bits per heavy atom. The van der Waals surface area contributed by atoms with Crippen LogP contribution in [0.5, 0.6) is 5.75 Å². The summed E-state index contributed by atoms with van der Waals surface area (Å²) < 4.78 is 1.00. The topological polar surface area (TPSA) is 35.5 Å². The van der Waals surface area contributed by atoms with Gasteiger partial charge in [-0.1, -0.05) is 22.0 Å². The van der Waals surface area contributed by atoms with Gasteiger partial charge in [-0.3, -0.25) is 0 Å². The van der Waals surface area contributed by atoms with E-state index >= 15 is 0 Å². The second kappa shape index (κ2) is 5.66. The van der Waals surface area contributed by atoms with Crippen LogP contribution in [0.25, 0.3) is 0 Å². The largest absolute Gasteiger partial charge is 0.508 e. The SMILES string of the molecule is Oc1cccc(Br)c1CCN1CCNCC1. The summed E-state index contributed by atoms with van der Waals surface area (Å²) in [6, 6.07) is 5.58. The van der Waals surface area contributed by atoms with Crippen molar-refractivity contribution in [3.05, 3.63) is 28.2 Å². The molecule has 0 amide bonds. The predicted octanol–water partition coefficient (Wildman–Crippen LogP) is 1.60. The van der Waals surface area contributed by atoms with Gasteiger partial charge in [0, 0.05) is 42.8 Å². The molecular weight excluding hydrogens is 268 g/mol. The Labute approximate surface area is 105 Å². The highest BCUT2D eigenvalue weighted by atomic mass is 79.9. The molecule has 3 nitrogen and oxygen atoms in total. The Kier molecular flexibility index (Phi) is 4.21. The third-order valence-corrected chi connectivity index (χ3v) is 3.72. The highest BCUT2D eigenvalue weighted by Crippen LogP contribution is 2.26. The zero-order chi connectivity index (χ0) is 11.4. The third kappa shape index (κ3) is 2.97. The highest BCUT2D eigenvalue weighted by Gasteiger charge is 2.11. The van der Waals surface area contributed by atoms with Crippen LogP contribution >= 0.6 is 15.9 Å². The van der Waals surface area contributed by atoms with E-state index in [-0.39, 0.29) is 0 Å². The lowest BCUT2D eigenvalue weighted by Crippen LogP contribution is -2.44. The first-order valence-corrected chi connectivity index (χ1v) is 6.46. The van der Waals surface area contributed by atoms with Crippen molar-refractivity contribution in [1.29, 1.82) is 0 Å². The molecule has 0 unspecified atom stereocenters. The summed E-state index contributed by atoms with van der Waals surface area (Å²) in [6.07, 6.45) is 0.896. The number of hydrogen-bond donors (Lipinski definition) is 2. The van der Waals surface area contributed by atoms with Crippen LogP contribution < -0.4 is 5.32 Å². The van der Waals surface area contributed by atoms with Crippen molar-refractivity contribution < 1.29 is 5.11 Å². The molecule has 1 heterocycles. The molecule has 0 bridgehead atoms. The van der Waals surface area contributed by atoms with E-state index in [0.29, 0.717) is 5.75 Å². The Bertz CT molecular complexity index is 331. The number of phenolic OH excluding ortho intramolecular Hbond substituents is 1. The predicted molar refractivity (Wildman–Crippen MR) is 68.8 cm³/mol. The molecule has 1 aromatic rings. The standard InChI is InChI=1S/C12H17BrN2O/c13-11-2-1-3-12(16)10(11)4-7-15-8-5-14-6-9-15/h1-3,14,16H,4-9H2. The monoisotopic (exact) mass is 284 g/mol. The average Bonchev–Trinajstić information content (AvgIpc) is 2.30. The molecule has 1 aliphatic heterocycles. The molecule has 0 atom stereocenters. The normalized spacial score (nSPS) is 17.6. The van der Waals surface area contributed by atoms with Gasteiger partial charge in [-0.15, -0.1) is 0 Å². The molecule has 1 saturated heterocycles. The van der Waals surface area contributed by atoms with Gasteiger partial charge in [-0.25, -0.2) is 0 Å². The highest BCUT2D eigenvalue weighted by molar-refractivity contribution is 9.10. The second-order valence-electron chi connectivity index (χ2n) is 4.08. The number of hydrogen-bond acceptors (Lipinski definition) is 3. The minimum absolute atomic E-state index is 0.393. The zero-order valence-corrected chi connectivity index (χ0v) is 10.8. The minimum atomic E-state index is 0.393. The number of phenols is 1. The van der Waals surface area contributed by atoms with E-state index in [1.807, 2.05) is 12.1 Å². The molecule has 16 heavy (non-hydrogen) atoms. The lowest BCUT2D eigenvalue weighted by atomic mass is 10.1. The Morgan fingerprint density at radius 2 is 2.06 bits per heavy atom. The van der Waals surface area contributed by atoms with E-state index in [4.69, 9.17) is 0 Å². The molecule has 0 aromatic heterocycles. The fourth-order valence-electron chi connectivity index (χ4n) is 2.00. The number of rotatable bonds is 3. The first kappa shape index (κ1) is 11.9. The van der Waals surface area contributed by atoms with Gasteiger partial charge in [0.25, 0.3) is 0 Å². The number of nitrogens with zero attached hydrogens (tertiary/aromatic N) is 1. The average molecular weight is 285 g/mol. The Hall–Kier alpha value is -0.580. The number of aromatic hydroxyl groups is 1. The van der Waals surface area contributed by atoms with E-state index in [0.717, 1.165) is 49.2 Å². The maximum Gasteiger partial charge on any atom is 0.119 e. The minimum Gasteiger partial charge on any atom is -0.508 e. The lowest BCUT2D eigenvalue weighted by molar-refractivity contribution is 0.243. The smallest absolute Gasteiger partial charge is 0.119 e. The molecule has 88 valence electrons.